The molecule has 0 unspecified atom stereocenters. The number of benzene rings is 3. The summed E-state index contributed by atoms with van der Waals surface area (Å²) in [6.07, 6.45) is 1.59. The van der Waals surface area contributed by atoms with Crippen LogP contribution >= 0.6 is 23.4 Å². The fraction of sp³-hybridized carbons (Fsp3) is 0.115. The largest absolute Gasteiger partial charge is 0.493 e. The van der Waals surface area contributed by atoms with Crippen LogP contribution in [-0.2, 0) is 4.79 Å². The minimum Gasteiger partial charge on any atom is -0.493 e. The molecule has 1 fully saturated rings. The zero-order valence-corrected chi connectivity index (χ0v) is 20.2. The summed E-state index contributed by atoms with van der Waals surface area (Å²) in [4.78, 5) is 38.9. The van der Waals surface area contributed by atoms with Crippen LogP contribution in [0.15, 0.2) is 77.7 Å². The molecule has 7 nitrogen and oxygen atoms in total. The average Bonchev–Trinajstić information content (AvgIpc) is 3.13. The first-order chi connectivity index (χ1) is 16.9. The Labute approximate surface area is 211 Å². The van der Waals surface area contributed by atoms with Crippen LogP contribution in [0.4, 0.5) is 4.79 Å². The zero-order valence-electron chi connectivity index (χ0n) is 18.6. The number of thioether (sulfide) groups is 1. The Balaban J connectivity index is 1.42. The smallest absolute Gasteiger partial charge is 0.343 e. The molecule has 178 valence electrons. The molecule has 4 rings (SSSR count). The third-order valence-corrected chi connectivity index (χ3v) is 6.13. The Kier molecular flexibility index (Phi) is 7.74. The SMILES string of the molecule is COc1cc(/C=C2\SC(=O)N(CCOc3ccc(Cl)cc3)C2=O)ccc1OC(=O)c1ccccc1. The van der Waals surface area contributed by atoms with Crippen molar-refractivity contribution in [3.8, 4) is 17.2 Å². The Bertz CT molecular complexity index is 1280. The first kappa shape index (κ1) is 24.4. The van der Waals surface area contributed by atoms with Gasteiger partial charge >= 0.3 is 5.97 Å². The third kappa shape index (κ3) is 6.03. The minimum absolute atomic E-state index is 0.113. The maximum absolute atomic E-state index is 12.8. The summed E-state index contributed by atoms with van der Waals surface area (Å²) in [6, 6.07) is 20.3. The third-order valence-electron chi connectivity index (χ3n) is 4.97. The minimum atomic E-state index is -0.515. The van der Waals surface area contributed by atoms with E-state index in [0.29, 0.717) is 27.6 Å². The second-order valence-corrected chi connectivity index (χ2v) is 8.73. The van der Waals surface area contributed by atoms with Crippen LogP contribution in [0.25, 0.3) is 6.08 Å². The fourth-order valence-electron chi connectivity index (χ4n) is 3.22. The van der Waals surface area contributed by atoms with Gasteiger partial charge in [0, 0.05) is 5.02 Å². The van der Waals surface area contributed by atoms with Crippen molar-refractivity contribution in [1.29, 1.82) is 0 Å². The molecule has 0 bridgehead atoms. The van der Waals surface area contributed by atoms with Crippen LogP contribution in [0.2, 0.25) is 5.02 Å². The predicted octanol–water partition coefficient (Wildman–Crippen LogP) is 5.68. The number of nitrogens with zero attached hydrogens (tertiary/aromatic N) is 1. The number of amides is 2. The lowest BCUT2D eigenvalue weighted by molar-refractivity contribution is -0.123. The number of hydrogen-bond donors (Lipinski definition) is 0. The lowest BCUT2D eigenvalue weighted by atomic mass is 10.1. The highest BCUT2D eigenvalue weighted by atomic mass is 35.5. The van der Waals surface area contributed by atoms with Gasteiger partial charge in [-0.05, 0) is 71.9 Å². The Hall–Kier alpha value is -3.75. The second kappa shape index (κ2) is 11.1. The van der Waals surface area contributed by atoms with E-state index in [4.69, 9.17) is 25.8 Å². The number of halogens is 1. The van der Waals surface area contributed by atoms with E-state index in [1.54, 1.807) is 78.9 Å². The van der Waals surface area contributed by atoms with Crippen molar-refractivity contribution in [2.75, 3.05) is 20.3 Å². The average molecular weight is 510 g/mol. The van der Waals surface area contributed by atoms with E-state index in [2.05, 4.69) is 0 Å². The number of carbonyl (C=O) groups is 3. The van der Waals surface area contributed by atoms with E-state index in [1.807, 2.05) is 0 Å². The van der Waals surface area contributed by atoms with Gasteiger partial charge in [-0.2, -0.15) is 0 Å². The highest BCUT2D eigenvalue weighted by Crippen LogP contribution is 2.34. The van der Waals surface area contributed by atoms with Gasteiger partial charge in [0.05, 0.1) is 24.1 Å². The van der Waals surface area contributed by atoms with Gasteiger partial charge in [-0.3, -0.25) is 14.5 Å². The van der Waals surface area contributed by atoms with Gasteiger partial charge in [-0.1, -0.05) is 35.9 Å². The van der Waals surface area contributed by atoms with Crippen LogP contribution in [0.1, 0.15) is 15.9 Å². The number of esters is 1. The van der Waals surface area contributed by atoms with E-state index in [1.165, 1.54) is 7.11 Å². The van der Waals surface area contributed by atoms with Crippen molar-refractivity contribution < 1.29 is 28.6 Å². The maximum Gasteiger partial charge on any atom is 0.343 e. The lowest BCUT2D eigenvalue weighted by Crippen LogP contribution is -2.32. The Morgan fingerprint density at radius 3 is 2.46 bits per heavy atom. The predicted molar refractivity (Wildman–Crippen MR) is 134 cm³/mol. The summed E-state index contributed by atoms with van der Waals surface area (Å²) in [7, 11) is 1.45. The monoisotopic (exact) mass is 509 g/mol. The van der Waals surface area contributed by atoms with Crippen LogP contribution < -0.4 is 14.2 Å². The number of methoxy groups -OCH3 is 1. The van der Waals surface area contributed by atoms with Crippen molar-refractivity contribution in [3.63, 3.8) is 0 Å². The molecule has 3 aromatic rings. The summed E-state index contributed by atoms with van der Waals surface area (Å²) in [6.45, 7) is 0.268. The summed E-state index contributed by atoms with van der Waals surface area (Å²) in [5, 5.41) is 0.216. The molecule has 0 atom stereocenters. The van der Waals surface area contributed by atoms with Gasteiger partial charge < -0.3 is 14.2 Å². The molecule has 0 N–H and O–H groups in total. The molecule has 1 saturated heterocycles. The van der Waals surface area contributed by atoms with Gasteiger partial charge in [0.2, 0.25) is 0 Å². The molecule has 1 heterocycles. The molecule has 1 aliphatic rings. The van der Waals surface area contributed by atoms with Crippen molar-refractivity contribution >= 4 is 46.6 Å². The highest BCUT2D eigenvalue weighted by molar-refractivity contribution is 8.18. The quantitative estimate of drug-likeness (QED) is 0.219. The van der Waals surface area contributed by atoms with Crippen LogP contribution in [-0.4, -0.2) is 42.3 Å². The molecule has 9 heteroatoms. The molecule has 0 saturated carbocycles. The molecular weight excluding hydrogens is 490 g/mol. The van der Waals surface area contributed by atoms with Crippen molar-refractivity contribution in [3.05, 3.63) is 93.9 Å². The number of carbonyl (C=O) groups excluding carboxylic acids is 3. The molecule has 0 spiro atoms. The summed E-state index contributed by atoms with van der Waals surface area (Å²) in [5.41, 5.74) is 1.02. The second-order valence-electron chi connectivity index (χ2n) is 7.30. The standard InChI is InChI=1S/C26H20ClNO6S/c1-32-22-15-17(7-12-21(22)34-25(30)18-5-3-2-4-6-18)16-23-24(29)28(26(31)35-23)13-14-33-20-10-8-19(27)9-11-20/h2-12,15-16H,13-14H2,1H3/b23-16-. The summed E-state index contributed by atoms with van der Waals surface area (Å²) < 4.78 is 16.4. The van der Waals surface area contributed by atoms with E-state index >= 15 is 0 Å². The molecular formula is C26H20ClNO6S. The van der Waals surface area contributed by atoms with Crippen molar-refractivity contribution in [2.24, 2.45) is 0 Å². The summed E-state index contributed by atoms with van der Waals surface area (Å²) >= 11 is 6.70. The van der Waals surface area contributed by atoms with Gasteiger partial charge in [0.1, 0.15) is 12.4 Å². The molecule has 0 radical (unpaired) electrons. The number of ether oxygens (including phenoxy) is 3. The first-order valence-corrected chi connectivity index (χ1v) is 11.7. The van der Waals surface area contributed by atoms with Gasteiger partial charge in [0.25, 0.3) is 11.1 Å². The zero-order chi connectivity index (χ0) is 24.8. The Morgan fingerprint density at radius 1 is 1.00 bits per heavy atom. The van der Waals surface area contributed by atoms with E-state index < -0.39 is 11.9 Å². The normalized spacial score (nSPS) is 14.3. The Morgan fingerprint density at radius 2 is 1.74 bits per heavy atom. The van der Waals surface area contributed by atoms with Crippen molar-refractivity contribution in [2.45, 2.75) is 0 Å². The fourth-order valence-corrected chi connectivity index (χ4v) is 4.21. The van der Waals surface area contributed by atoms with E-state index in [0.717, 1.165) is 16.7 Å². The lowest BCUT2D eigenvalue weighted by Gasteiger charge is -2.13. The number of imide groups is 1. The molecule has 1 aliphatic heterocycles. The van der Waals surface area contributed by atoms with Gasteiger partial charge in [0.15, 0.2) is 11.5 Å². The molecule has 0 aromatic heterocycles. The van der Waals surface area contributed by atoms with E-state index in [-0.39, 0.29) is 29.0 Å². The molecule has 35 heavy (non-hydrogen) atoms. The highest BCUT2D eigenvalue weighted by Gasteiger charge is 2.34. The van der Waals surface area contributed by atoms with Crippen LogP contribution in [0, 0.1) is 0 Å². The van der Waals surface area contributed by atoms with Gasteiger partial charge in [-0.15, -0.1) is 0 Å². The van der Waals surface area contributed by atoms with Crippen LogP contribution in [0.5, 0.6) is 17.2 Å². The molecule has 3 aromatic carbocycles. The number of hydrogen-bond acceptors (Lipinski definition) is 7. The van der Waals surface area contributed by atoms with Crippen LogP contribution in [0.3, 0.4) is 0 Å². The summed E-state index contributed by atoms with van der Waals surface area (Å²) in [5.74, 6) is 0.235. The maximum atomic E-state index is 12.8. The molecule has 0 aliphatic carbocycles. The topological polar surface area (TPSA) is 82.1 Å². The number of rotatable bonds is 8. The van der Waals surface area contributed by atoms with E-state index in [9.17, 15) is 14.4 Å². The molecule has 2 amide bonds. The van der Waals surface area contributed by atoms with Crippen molar-refractivity contribution in [1.82, 2.24) is 4.90 Å². The first-order valence-electron chi connectivity index (χ1n) is 10.5. The van der Waals surface area contributed by atoms with Gasteiger partial charge in [-0.25, -0.2) is 4.79 Å².